The molecule has 3 rings (SSSR count). The molecule has 27 heavy (non-hydrogen) atoms. The lowest BCUT2D eigenvalue weighted by Gasteiger charge is -2.13. The molecule has 1 saturated carbocycles. The van der Waals surface area contributed by atoms with Crippen LogP contribution in [0, 0.1) is 11.6 Å². The fourth-order valence-electron chi connectivity index (χ4n) is 2.86. The minimum atomic E-state index is -0.462. The van der Waals surface area contributed by atoms with Crippen LogP contribution in [0.4, 0.5) is 14.5 Å². The van der Waals surface area contributed by atoms with Crippen molar-refractivity contribution in [1.29, 1.82) is 0 Å². The van der Waals surface area contributed by atoms with Gasteiger partial charge in [-0.15, -0.1) is 0 Å². The van der Waals surface area contributed by atoms with E-state index in [2.05, 4.69) is 17.6 Å². The van der Waals surface area contributed by atoms with E-state index >= 15 is 0 Å². The Labute approximate surface area is 158 Å². The Kier molecular flexibility index (Phi) is 7.01. The third-order valence-electron chi connectivity index (χ3n) is 4.47. The second-order valence-corrected chi connectivity index (χ2v) is 6.68. The molecule has 1 aliphatic rings. The lowest BCUT2D eigenvalue weighted by molar-refractivity contribution is 0.111. The second-order valence-electron chi connectivity index (χ2n) is 6.68. The van der Waals surface area contributed by atoms with E-state index in [4.69, 9.17) is 14.3 Å². The lowest BCUT2D eigenvalue weighted by atomic mass is 10.1. The van der Waals surface area contributed by atoms with Gasteiger partial charge in [0.1, 0.15) is 23.1 Å². The third kappa shape index (κ3) is 5.91. The Hall–Kier alpha value is -2.18. The highest BCUT2D eigenvalue weighted by Crippen LogP contribution is 2.42. The second kappa shape index (κ2) is 9.67. The van der Waals surface area contributed by atoms with Crippen molar-refractivity contribution >= 4 is 5.69 Å². The van der Waals surface area contributed by atoms with Crippen LogP contribution >= 0.6 is 0 Å². The van der Waals surface area contributed by atoms with Gasteiger partial charge in [-0.2, -0.15) is 0 Å². The predicted molar refractivity (Wildman–Crippen MR) is 99.8 cm³/mol. The summed E-state index contributed by atoms with van der Waals surface area (Å²) in [6.07, 6.45) is 4.05. The number of hydrogen-bond acceptors (Lipinski definition) is 4. The largest absolute Gasteiger partial charge is 0.491 e. The van der Waals surface area contributed by atoms with Crippen molar-refractivity contribution in [1.82, 2.24) is 0 Å². The maximum atomic E-state index is 13.5. The van der Waals surface area contributed by atoms with Gasteiger partial charge in [0, 0.05) is 12.2 Å². The molecule has 4 nitrogen and oxygen atoms in total. The highest BCUT2D eigenvalue weighted by atomic mass is 19.1. The van der Waals surface area contributed by atoms with Crippen molar-refractivity contribution in [2.75, 3.05) is 25.8 Å². The smallest absolute Gasteiger partial charge is 0.144 e. The summed E-state index contributed by atoms with van der Waals surface area (Å²) in [6.45, 7) is 1.07. The Balaban J connectivity index is 1.37. The number of benzene rings is 2. The molecule has 2 aromatic carbocycles. The number of halogens is 2. The van der Waals surface area contributed by atoms with E-state index < -0.39 is 11.6 Å². The van der Waals surface area contributed by atoms with Gasteiger partial charge in [-0.1, -0.05) is 6.07 Å². The predicted octanol–water partition coefficient (Wildman–Crippen LogP) is 5.19. The zero-order valence-electron chi connectivity index (χ0n) is 15.5. The summed E-state index contributed by atoms with van der Waals surface area (Å²) in [5.74, 6) is 0.504. The summed E-state index contributed by atoms with van der Waals surface area (Å²) in [5, 5.41) is 0. The molecule has 6 heteroatoms. The quantitative estimate of drug-likeness (QED) is 0.432. The zero-order valence-corrected chi connectivity index (χ0v) is 15.5. The average Bonchev–Trinajstić information content (AvgIpc) is 3.50. The Morgan fingerprint density at radius 3 is 2.63 bits per heavy atom. The molecule has 1 N–H and O–H groups in total. The molecule has 1 aliphatic carbocycles. The van der Waals surface area contributed by atoms with Crippen LogP contribution in [0.25, 0.3) is 0 Å². The van der Waals surface area contributed by atoms with E-state index in [1.807, 2.05) is 6.07 Å². The van der Waals surface area contributed by atoms with E-state index in [0.29, 0.717) is 19.1 Å². The highest BCUT2D eigenvalue weighted by Gasteiger charge is 2.24. The van der Waals surface area contributed by atoms with Crippen molar-refractivity contribution < 1.29 is 23.1 Å². The first-order valence-corrected chi connectivity index (χ1v) is 9.25. The molecule has 0 radical (unpaired) electrons. The Morgan fingerprint density at radius 2 is 1.85 bits per heavy atom. The standard InChI is InChI=1S/C21H25F2NO3/c1-25-24-20-13-16(15-4-5-15)6-9-21(20)27-11-3-2-10-26-14-17-12-18(22)7-8-19(17)23/h6-9,12-13,15,24H,2-5,10-11,14H2,1H3. The van der Waals surface area contributed by atoms with Crippen LogP contribution in [0.5, 0.6) is 5.75 Å². The molecule has 146 valence electrons. The van der Waals surface area contributed by atoms with E-state index in [1.165, 1.54) is 18.4 Å². The van der Waals surface area contributed by atoms with E-state index in [-0.39, 0.29) is 12.2 Å². The van der Waals surface area contributed by atoms with Crippen molar-refractivity contribution in [2.24, 2.45) is 0 Å². The van der Waals surface area contributed by atoms with Gasteiger partial charge in [0.15, 0.2) is 0 Å². The van der Waals surface area contributed by atoms with Crippen LogP contribution in [0.2, 0.25) is 0 Å². The molecule has 0 saturated heterocycles. The van der Waals surface area contributed by atoms with Crippen LogP contribution in [0.1, 0.15) is 42.7 Å². The van der Waals surface area contributed by atoms with Gasteiger partial charge in [0.2, 0.25) is 0 Å². The van der Waals surface area contributed by atoms with Crippen molar-refractivity contribution in [3.8, 4) is 5.75 Å². The SMILES string of the molecule is CONc1cc(C2CC2)ccc1OCCCCOCc1cc(F)ccc1F. The van der Waals surface area contributed by atoms with Crippen molar-refractivity contribution in [3.05, 3.63) is 59.2 Å². The maximum Gasteiger partial charge on any atom is 0.144 e. The highest BCUT2D eigenvalue weighted by molar-refractivity contribution is 5.57. The van der Waals surface area contributed by atoms with Gasteiger partial charge in [0.05, 0.1) is 20.3 Å². The summed E-state index contributed by atoms with van der Waals surface area (Å²) < 4.78 is 37.8. The number of nitrogens with one attached hydrogen (secondary N) is 1. The molecule has 2 aromatic rings. The molecule has 0 bridgehead atoms. The molecule has 0 spiro atoms. The maximum absolute atomic E-state index is 13.5. The van der Waals surface area contributed by atoms with Crippen LogP contribution in [-0.2, 0) is 16.2 Å². The summed E-state index contributed by atoms with van der Waals surface area (Å²) in [5.41, 5.74) is 5.24. The first kappa shape index (κ1) is 19.6. The molecule has 0 unspecified atom stereocenters. The molecule has 0 atom stereocenters. The van der Waals surface area contributed by atoms with Gasteiger partial charge in [-0.25, -0.2) is 8.78 Å². The average molecular weight is 377 g/mol. The number of rotatable bonds is 11. The van der Waals surface area contributed by atoms with Gasteiger partial charge in [-0.3, -0.25) is 10.3 Å². The number of ether oxygens (including phenoxy) is 2. The minimum absolute atomic E-state index is 0.0645. The molecular formula is C21H25F2NO3. The molecule has 0 heterocycles. The fraction of sp³-hybridized carbons (Fsp3) is 0.429. The molecule has 0 amide bonds. The van der Waals surface area contributed by atoms with Crippen LogP contribution in [-0.4, -0.2) is 20.3 Å². The summed E-state index contributed by atoms with van der Waals surface area (Å²) in [7, 11) is 1.58. The lowest BCUT2D eigenvalue weighted by Crippen LogP contribution is -2.05. The summed E-state index contributed by atoms with van der Waals surface area (Å²) in [4.78, 5) is 5.04. The van der Waals surface area contributed by atoms with Crippen molar-refractivity contribution in [2.45, 2.75) is 38.2 Å². The topological polar surface area (TPSA) is 39.7 Å². The number of unbranched alkanes of at least 4 members (excludes halogenated alkanes) is 1. The molecule has 1 fully saturated rings. The van der Waals surface area contributed by atoms with Crippen LogP contribution in [0.3, 0.4) is 0 Å². The fourth-order valence-corrected chi connectivity index (χ4v) is 2.86. The van der Waals surface area contributed by atoms with Crippen molar-refractivity contribution in [3.63, 3.8) is 0 Å². The zero-order chi connectivity index (χ0) is 19.1. The first-order valence-electron chi connectivity index (χ1n) is 9.25. The molecule has 0 aromatic heterocycles. The van der Waals surface area contributed by atoms with Crippen LogP contribution in [0.15, 0.2) is 36.4 Å². The summed E-state index contributed by atoms with van der Waals surface area (Å²) >= 11 is 0. The van der Waals surface area contributed by atoms with Gasteiger partial charge >= 0.3 is 0 Å². The van der Waals surface area contributed by atoms with Gasteiger partial charge < -0.3 is 9.47 Å². The molecule has 0 aliphatic heterocycles. The first-order chi connectivity index (χ1) is 13.2. The Morgan fingerprint density at radius 1 is 1.04 bits per heavy atom. The van der Waals surface area contributed by atoms with Gasteiger partial charge in [-0.05, 0) is 67.5 Å². The molecular weight excluding hydrogens is 352 g/mol. The number of hydrogen-bond donors (Lipinski definition) is 1. The van der Waals surface area contributed by atoms with Gasteiger partial charge in [0.25, 0.3) is 0 Å². The summed E-state index contributed by atoms with van der Waals surface area (Å²) in [6, 6.07) is 9.52. The minimum Gasteiger partial charge on any atom is -0.491 e. The van der Waals surface area contributed by atoms with E-state index in [9.17, 15) is 8.78 Å². The normalized spacial score (nSPS) is 13.6. The van der Waals surface area contributed by atoms with E-state index in [1.54, 1.807) is 7.11 Å². The van der Waals surface area contributed by atoms with Crippen LogP contribution < -0.4 is 10.2 Å². The Bertz CT molecular complexity index is 750. The third-order valence-corrected chi connectivity index (χ3v) is 4.47. The monoisotopic (exact) mass is 377 g/mol. The van der Waals surface area contributed by atoms with E-state index in [0.717, 1.165) is 42.5 Å². The number of anilines is 1.